The standard InChI is InChI=1S/C13H18O4/c1-3-8-17-13(15)9-11(14)10-6-4-5-7-12(10)16-2/h4-7,11,14H,3,8-9H2,1-2H3. The second-order valence-electron chi connectivity index (χ2n) is 3.68. The number of hydrogen-bond acceptors (Lipinski definition) is 4. The van der Waals surface area contributed by atoms with Gasteiger partial charge in [0.25, 0.3) is 0 Å². The molecule has 0 aliphatic heterocycles. The average Bonchev–Trinajstić information content (AvgIpc) is 2.36. The molecule has 94 valence electrons. The fourth-order valence-electron chi connectivity index (χ4n) is 1.48. The minimum absolute atomic E-state index is 0.0552. The van der Waals surface area contributed by atoms with Crippen molar-refractivity contribution in [1.29, 1.82) is 0 Å². The summed E-state index contributed by atoms with van der Waals surface area (Å²) in [6.45, 7) is 2.31. The molecule has 1 N–H and O–H groups in total. The van der Waals surface area contributed by atoms with E-state index in [0.29, 0.717) is 17.9 Å². The highest BCUT2D eigenvalue weighted by Gasteiger charge is 2.17. The van der Waals surface area contributed by atoms with E-state index in [1.165, 1.54) is 7.11 Å². The van der Waals surface area contributed by atoms with Gasteiger partial charge in [-0.3, -0.25) is 4.79 Å². The number of benzene rings is 1. The number of esters is 1. The minimum atomic E-state index is -0.893. The summed E-state index contributed by atoms with van der Waals surface area (Å²) in [7, 11) is 1.53. The van der Waals surface area contributed by atoms with Crippen LogP contribution in [0.15, 0.2) is 24.3 Å². The van der Waals surface area contributed by atoms with Crippen LogP contribution in [0.5, 0.6) is 5.75 Å². The summed E-state index contributed by atoms with van der Waals surface area (Å²) < 4.78 is 10.0. The quantitative estimate of drug-likeness (QED) is 0.771. The van der Waals surface area contributed by atoms with Crippen molar-refractivity contribution in [2.24, 2.45) is 0 Å². The number of para-hydroxylation sites is 1. The highest BCUT2D eigenvalue weighted by Crippen LogP contribution is 2.26. The number of methoxy groups -OCH3 is 1. The van der Waals surface area contributed by atoms with Gasteiger partial charge in [-0.25, -0.2) is 0 Å². The number of hydrogen-bond donors (Lipinski definition) is 1. The van der Waals surface area contributed by atoms with Crippen molar-refractivity contribution < 1.29 is 19.4 Å². The van der Waals surface area contributed by atoms with E-state index < -0.39 is 12.1 Å². The molecule has 17 heavy (non-hydrogen) atoms. The molecule has 4 heteroatoms. The van der Waals surface area contributed by atoms with Crippen LogP contribution in [0.25, 0.3) is 0 Å². The predicted octanol–water partition coefficient (Wildman–Crippen LogP) is 2.07. The maximum absolute atomic E-state index is 11.4. The number of aliphatic hydroxyl groups excluding tert-OH is 1. The first-order valence-electron chi connectivity index (χ1n) is 5.65. The first-order chi connectivity index (χ1) is 8.19. The van der Waals surface area contributed by atoms with Crippen molar-refractivity contribution in [1.82, 2.24) is 0 Å². The van der Waals surface area contributed by atoms with Crippen molar-refractivity contribution in [2.45, 2.75) is 25.9 Å². The zero-order valence-electron chi connectivity index (χ0n) is 10.2. The van der Waals surface area contributed by atoms with Gasteiger partial charge < -0.3 is 14.6 Å². The molecule has 1 rings (SSSR count). The lowest BCUT2D eigenvalue weighted by Crippen LogP contribution is -2.11. The van der Waals surface area contributed by atoms with Gasteiger partial charge in [0.15, 0.2) is 0 Å². The number of carbonyl (C=O) groups is 1. The van der Waals surface area contributed by atoms with Gasteiger partial charge in [-0.1, -0.05) is 25.1 Å². The molecule has 0 heterocycles. The Morgan fingerprint density at radius 3 is 2.76 bits per heavy atom. The Hall–Kier alpha value is -1.55. The number of ether oxygens (including phenoxy) is 2. The molecule has 1 atom stereocenters. The van der Waals surface area contributed by atoms with E-state index in [2.05, 4.69) is 0 Å². The largest absolute Gasteiger partial charge is 0.496 e. The molecule has 4 nitrogen and oxygen atoms in total. The van der Waals surface area contributed by atoms with Crippen molar-refractivity contribution in [2.75, 3.05) is 13.7 Å². The van der Waals surface area contributed by atoms with Crippen molar-refractivity contribution in [3.05, 3.63) is 29.8 Å². The highest BCUT2D eigenvalue weighted by molar-refractivity contribution is 5.70. The molecule has 0 aliphatic carbocycles. The fraction of sp³-hybridized carbons (Fsp3) is 0.462. The molecule has 0 aliphatic rings. The lowest BCUT2D eigenvalue weighted by Gasteiger charge is -2.13. The Labute approximate surface area is 101 Å². The minimum Gasteiger partial charge on any atom is -0.496 e. The van der Waals surface area contributed by atoms with Crippen molar-refractivity contribution in [3.63, 3.8) is 0 Å². The SMILES string of the molecule is CCCOC(=O)CC(O)c1ccccc1OC. The van der Waals surface area contributed by atoms with Gasteiger partial charge in [0.2, 0.25) is 0 Å². The second kappa shape index (κ2) is 6.91. The summed E-state index contributed by atoms with van der Waals surface area (Å²) in [5.41, 5.74) is 0.600. The van der Waals surface area contributed by atoms with Crippen LogP contribution >= 0.6 is 0 Å². The Morgan fingerprint density at radius 1 is 1.41 bits per heavy atom. The first kappa shape index (κ1) is 13.5. The van der Waals surface area contributed by atoms with Gasteiger partial charge >= 0.3 is 5.97 Å². The van der Waals surface area contributed by atoms with Crippen LogP contribution in [0.1, 0.15) is 31.4 Å². The molecule has 0 radical (unpaired) electrons. The van der Waals surface area contributed by atoms with Gasteiger partial charge in [-0.15, -0.1) is 0 Å². The Bertz CT molecular complexity index is 362. The van der Waals surface area contributed by atoms with Gasteiger partial charge in [-0.2, -0.15) is 0 Å². The van der Waals surface area contributed by atoms with Crippen LogP contribution in [0.2, 0.25) is 0 Å². The molecular weight excluding hydrogens is 220 g/mol. The highest BCUT2D eigenvalue weighted by atomic mass is 16.5. The maximum atomic E-state index is 11.4. The Balaban J connectivity index is 2.62. The van der Waals surface area contributed by atoms with Gasteiger partial charge in [0.1, 0.15) is 5.75 Å². The fourth-order valence-corrected chi connectivity index (χ4v) is 1.48. The van der Waals surface area contributed by atoms with Gasteiger partial charge in [0, 0.05) is 5.56 Å². The average molecular weight is 238 g/mol. The van der Waals surface area contributed by atoms with E-state index in [1.54, 1.807) is 18.2 Å². The summed E-state index contributed by atoms with van der Waals surface area (Å²) in [6, 6.07) is 7.08. The van der Waals surface area contributed by atoms with Gasteiger partial charge in [-0.05, 0) is 12.5 Å². The molecule has 1 aromatic carbocycles. The lowest BCUT2D eigenvalue weighted by atomic mass is 10.1. The predicted molar refractivity (Wildman–Crippen MR) is 63.8 cm³/mol. The van der Waals surface area contributed by atoms with Crippen LogP contribution in [-0.4, -0.2) is 24.8 Å². The molecule has 0 fully saturated rings. The summed E-state index contributed by atoms with van der Waals surface area (Å²) in [5.74, 6) is 0.175. The third-order valence-corrected chi connectivity index (χ3v) is 2.33. The topological polar surface area (TPSA) is 55.8 Å². The molecule has 0 saturated carbocycles. The smallest absolute Gasteiger partial charge is 0.308 e. The van der Waals surface area contributed by atoms with Gasteiger partial charge in [0.05, 0.1) is 26.2 Å². The molecule has 1 unspecified atom stereocenters. The van der Waals surface area contributed by atoms with Crippen LogP contribution in [0.4, 0.5) is 0 Å². The Morgan fingerprint density at radius 2 is 2.12 bits per heavy atom. The van der Waals surface area contributed by atoms with E-state index >= 15 is 0 Å². The Kier molecular flexibility index (Phi) is 5.49. The van der Waals surface area contributed by atoms with Crippen LogP contribution in [-0.2, 0) is 9.53 Å². The third-order valence-electron chi connectivity index (χ3n) is 2.33. The third kappa shape index (κ3) is 4.07. The van der Waals surface area contributed by atoms with E-state index in [0.717, 1.165) is 6.42 Å². The molecule has 0 aromatic heterocycles. The first-order valence-corrected chi connectivity index (χ1v) is 5.65. The number of carbonyl (C=O) groups excluding carboxylic acids is 1. The summed E-state index contributed by atoms with van der Waals surface area (Å²) >= 11 is 0. The van der Waals surface area contributed by atoms with E-state index in [1.807, 2.05) is 13.0 Å². The molecule has 0 saturated heterocycles. The van der Waals surface area contributed by atoms with Crippen LogP contribution in [0.3, 0.4) is 0 Å². The van der Waals surface area contributed by atoms with Crippen LogP contribution in [0, 0.1) is 0 Å². The number of aliphatic hydroxyl groups is 1. The summed E-state index contributed by atoms with van der Waals surface area (Å²) in [4.78, 5) is 11.4. The maximum Gasteiger partial charge on any atom is 0.308 e. The molecular formula is C13H18O4. The molecule has 0 amide bonds. The zero-order valence-corrected chi connectivity index (χ0v) is 10.2. The molecule has 1 aromatic rings. The molecule has 0 spiro atoms. The van der Waals surface area contributed by atoms with Crippen molar-refractivity contribution in [3.8, 4) is 5.75 Å². The van der Waals surface area contributed by atoms with Crippen molar-refractivity contribution >= 4 is 5.97 Å². The monoisotopic (exact) mass is 238 g/mol. The summed E-state index contributed by atoms with van der Waals surface area (Å²) in [5, 5.41) is 9.92. The van der Waals surface area contributed by atoms with E-state index in [-0.39, 0.29) is 6.42 Å². The zero-order chi connectivity index (χ0) is 12.7. The molecule has 0 bridgehead atoms. The second-order valence-corrected chi connectivity index (χ2v) is 3.68. The normalized spacial score (nSPS) is 11.9. The van der Waals surface area contributed by atoms with Crippen LogP contribution < -0.4 is 4.74 Å². The van der Waals surface area contributed by atoms with E-state index in [9.17, 15) is 9.90 Å². The number of rotatable bonds is 6. The van der Waals surface area contributed by atoms with E-state index in [4.69, 9.17) is 9.47 Å². The lowest BCUT2D eigenvalue weighted by molar-refractivity contribution is -0.146. The summed E-state index contributed by atoms with van der Waals surface area (Å²) in [6.07, 6.45) is -0.174.